The van der Waals surface area contributed by atoms with Crippen LogP contribution in [0, 0.1) is 0 Å². The molecule has 47 heavy (non-hydrogen) atoms. The number of hydrogen-bond acceptors (Lipinski definition) is 8. The Morgan fingerprint density at radius 2 is 1.85 bits per heavy atom. The summed E-state index contributed by atoms with van der Waals surface area (Å²) in [7, 11) is -2.33. The highest BCUT2D eigenvalue weighted by molar-refractivity contribution is 6.74. The van der Waals surface area contributed by atoms with E-state index in [-0.39, 0.29) is 39.7 Å². The van der Waals surface area contributed by atoms with Crippen LogP contribution in [-0.4, -0.2) is 58.0 Å². The van der Waals surface area contributed by atoms with Crippen molar-refractivity contribution >= 4 is 36.8 Å². The van der Waals surface area contributed by atoms with Crippen LogP contribution in [0.3, 0.4) is 0 Å². The Morgan fingerprint density at radius 3 is 2.53 bits per heavy atom. The van der Waals surface area contributed by atoms with Crippen molar-refractivity contribution in [2.45, 2.75) is 90.4 Å². The third-order valence-electron chi connectivity index (χ3n) is 9.51. The van der Waals surface area contributed by atoms with Crippen molar-refractivity contribution in [2.24, 2.45) is 0 Å². The van der Waals surface area contributed by atoms with Crippen LogP contribution in [0.25, 0.3) is 22.3 Å². The molecule has 2 bridgehead atoms. The Balaban J connectivity index is 1.54. The van der Waals surface area contributed by atoms with E-state index in [1.165, 1.54) is 18.3 Å². The minimum atomic E-state index is -3.29. The van der Waals surface area contributed by atoms with Crippen LogP contribution in [0.15, 0.2) is 42.6 Å². The number of nitrogens with one attached hydrogen (secondary N) is 1. The number of carbonyl (C=O) groups is 3. The van der Waals surface area contributed by atoms with E-state index >= 15 is 0 Å². The van der Waals surface area contributed by atoms with Gasteiger partial charge in [0.2, 0.25) is 5.78 Å². The zero-order valence-corrected chi connectivity index (χ0v) is 28.4. The van der Waals surface area contributed by atoms with Gasteiger partial charge in [-0.25, -0.2) is 15.0 Å². The predicted molar refractivity (Wildman–Crippen MR) is 173 cm³/mol. The Hall–Kier alpha value is -4.36. The highest BCUT2D eigenvalue weighted by Crippen LogP contribution is 2.49. The van der Waals surface area contributed by atoms with Crippen molar-refractivity contribution in [3.8, 4) is 17.0 Å². The number of carbonyl (C=O) groups excluding carboxylic acids is 3. The number of benzene rings is 2. The molecule has 2 aromatic heterocycles. The zero-order valence-electron chi connectivity index (χ0n) is 27.4. The fraction of sp³-hybridized carbons (Fsp3) is 0.412. The van der Waals surface area contributed by atoms with Gasteiger partial charge in [0.25, 0.3) is 5.91 Å². The molecule has 0 spiro atoms. The van der Waals surface area contributed by atoms with Crippen molar-refractivity contribution in [3.63, 3.8) is 0 Å². The highest BCUT2D eigenvalue weighted by Gasteiger charge is 2.44. The summed E-state index contributed by atoms with van der Waals surface area (Å²) < 4.78 is 41.7. The van der Waals surface area contributed by atoms with Gasteiger partial charge in [-0.2, -0.15) is 8.78 Å². The second kappa shape index (κ2) is 11.7. The number of rotatable bonds is 9. The number of imidazole rings is 1. The summed E-state index contributed by atoms with van der Waals surface area (Å²) in [5.41, 5.74) is 1.83. The molecule has 0 radical (unpaired) electrons. The van der Waals surface area contributed by atoms with Gasteiger partial charge in [0.05, 0.1) is 34.4 Å². The van der Waals surface area contributed by atoms with Crippen LogP contribution in [0.5, 0.6) is 5.75 Å². The van der Waals surface area contributed by atoms with Crippen LogP contribution >= 0.6 is 0 Å². The third kappa shape index (κ3) is 5.54. The number of Topliss-reactive ketones (excluding diaryl/α,β-unsaturated/α-hetero) is 2. The van der Waals surface area contributed by atoms with Crippen LogP contribution < -0.4 is 10.1 Å². The first-order valence-corrected chi connectivity index (χ1v) is 18.6. The maximum absolute atomic E-state index is 14.2. The SMILES string of the molecule is CCC(=O)c1c(OC(F)F)c(-c2ccnc(C(=O)C(C)O[Si](C)(C)C(C)(C)C)n2)cc2c1[C@H]1C[C@@H](NC2=O)c2nc3ccccc3n21. The molecule has 10 nitrogen and oxygen atoms in total. The van der Waals surface area contributed by atoms with Crippen LogP contribution in [0.1, 0.15) is 102 Å². The summed E-state index contributed by atoms with van der Waals surface area (Å²) in [4.78, 5) is 54.5. The molecule has 6 rings (SSSR count). The average Bonchev–Trinajstić information content (AvgIpc) is 3.51. The van der Waals surface area contributed by atoms with Gasteiger partial charge in [-0.3, -0.25) is 14.4 Å². The Morgan fingerprint density at radius 1 is 1.13 bits per heavy atom. The normalized spacial score (nSPS) is 18.0. The number of nitrogens with zero attached hydrogens (tertiary/aromatic N) is 4. The number of hydrogen-bond donors (Lipinski definition) is 1. The number of aromatic nitrogens is 4. The minimum absolute atomic E-state index is 0.0288. The summed E-state index contributed by atoms with van der Waals surface area (Å²) in [6, 6.07) is 9.29. The second-order valence-corrected chi connectivity index (χ2v) is 18.3. The molecule has 0 saturated heterocycles. The summed E-state index contributed by atoms with van der Waals surface area (Å²) in [6.45, 7) is 10.2. The maximum Gasteiger partial charge on any atom is 0.387 e. The third-order valence-corrected chi connectivity index (χ3v) is 14.1. The van der Waals surface area contributed by atoms with E-state index in [0.717, 1.165) is 5.52 Å². The molecule has 13 heteroatoms. The lowest BCUT2D eigenvalue weighted by Crippen LogP contribution is -2.45. The molecule has 4 heterocycles. The number of halogens is 2. The molecule has 1 N–H and O–H groups in total. The molecule has 246 valence electrons. The number of alkyl halides is 2. The van der Waals surface area contributed by atoms with Gasteiger partial charge in [-0.1, -0.05) is 39.8 Å². The molecular formula is C34H37F2N5O5Si. The Bertz CT molecular complexity index is 1940. The number of fused-ring (bicyclic) bond motifs is 9. The van der Waals surface area contributed by atoms with Crippen molar-refractivity contribution in [2.75, 3.05) is 0 Å². The van der Waals surface area contributed by atoms with Gasteiger partial charge in [-0.05, 0) is 55.7 Å². The Labute approximate surface area is 272 Å². The lowest BCUT2D eigenvalue weighted by molar-refractivity contribution is -0.0498. The second-order valence-electron chi connectivity index (χ2n) is 13.5. The molecule has 0 aliphatic carbocycles. The van der Waals surface area contributed by atoms with Gasteiger partial charge < -0.3 is 19.0 Å². The zero-order chi connectivity index (χ0) is 34.0. The average molecular weight is 662 g/mol. The minimum Gasteiger partial charge on any atom is -0.433 e. The van der Waals surface area contributed by atoms with Gasteiger partial charge in [0, 0.05) is 29.3 Å². The van der Waals surface area contributed by atoms with Gasteiger partial charge in [0.15, 0.2) is 19.9 Å². The quantitative estimate of drug-likeness (QED) is 0.149. The summed E-state index contributed by atoms with van der Waals surface area (Å²) in [6.07, 6.45) is 0.801. The summed E-state index contributed by atoms with van der Waals surface area (Å²) in [5.74, 6) is -1.42. The van der Waals surface area contributed by atoms with E-state index in [1.807, 2.05) is 41.9 Å². The van der Waals surface area contributed by atoms with Crippen molar-refractivity contribution in [1.29, 1.82) is 0 Å². The predicted octanol–water partition coefficient (Wildman–Crippen LogP) is 7.06. The molecular weight excluding hydrogens is 624 g/mol. The molecule has 0 fully saturated rings. The standard InChI is InChI=1S/C34H37F2N5O5Si/c1-8-25(42)27-26-19(32(44)40-22-16-24(26)41-23-12-10-9-11-21(23)39-31(22)41)15-18(29(27)45-33(35)36)20-13-14-37-30(38-20)28(43)17(2)46-47(6,7)34(3,4)5/h9-15,17,22,24,33H,8,16H2,1-7H3,(H,40,44)/t17?,22-,24-/m1/s1. The largest absolute Gasteiger partial charge is 0.433 e. The van der Waals surface area contributed by atoms with Crippen molar-refractivity contribution < 1.29 is 32.3 Å². The highest BCUT2D eigenvalue weighted by atomic mass is 28.4. The smallest absolute Gasteiger partial charge is 0.387 e. The molecule has 4 aromatic rings. The lowest BCUT2D eigenvalue weighted by atomic mass is 9.87. The topological polar surface area (TPSA) is 125 Å². The van der Waals surface area contributed by atoms with Gasteiger partial charge >= 0.3 is 6.61 Å². The molecule has 1 unspecified atom stereocenters. The van der Waals surface area contributed by atoms with Crippen molar-refractivity contribution in [3.05, 3.63) is 70.9 Å². The molecule has 0 saturated carbocycles. The van der Waals surface area contributed by atoms with E-state index in [9.17, 15) is 23.2 Å². The van der Waals surface area contributed by atoms with Crippen LogP contribution in [0.2, 0.25) is 18.1 Å². The van der Waals surface area contributed by atoms with Crippen molar-refractivity contribution in [1.82, 2.24) is 24.8 Å². The molecule has 2 aliphatic rings. The fourth-order valence-corrected chi connectivity index (χ4v) is 7.57. The number of para-hydroxylation sites is 2. The maximum atomic E-state index is 14.2. The number of ether oxygens (including phenoxy) is 1. The van der Waals surface area contributed by atoms with E-state index in [0.29, 0.717) is 23.3 Å². The number of amides is 1. The van der Waals surface area contributed by atoms with Crippen LogP contribution in [0.4, 0.5) is 8.78 Å². The first-order valence-electron chi connectivity index (χ1n) is 15.6. The molecule has 2 aliphatic heterocycles. The first kappa shape index (κ1) is 32.6. The van der Waals surface area contributed by atoms with Gasteiger partial charge in [0.1, 0.15) is 17.7 Å². The molecule has 1 amide bonds. The monoisotopic (exact) mass is 661 g/mol. The Kier molecular flexibility index (Phi) is 8.11. The number of ketones is 2. The van der Waals surface area contributed by atoms with E-state index < -0.39 is 56.3 Å². The summed E-state index contributed by atoms with van der Waals surface area (Å²) >= 11 is 0. The fourth-order valence-electron chi connectivity index (χ4n) is 6.23. The molecule has 2 aromatic carbocycles. The summed E-state index contributed by atoms with van der Waals surface area (Å²) in [5, 5.41) is 2.87. The van der Waals surface area contributed by atoms with E-state index in [4.69, 9.17) is 14.1 Å². The van der Waals surface area contributed by atoms with Crippen LogP contribution in [-0.2, 0) is 4.43 Å². The molecule has 3 atom stereocenters. The van der Waals surface area contributed by atoms with E-state index in [2.05, 4.69) is 36.1 Å². The first-order chi connectivity index (χ1) is 22.1. The lowest BCUT2D eigenvalue weighted by Gasteiger charge is -2.37. The van der Waals surface area contributed by atoms with Gasteiger partial charge in [-0.15, -0.1) is 0 Å². The van der Waals surface area contributed by atoms with E-state index in [1.54, 1.807) is 13.8 Å².